The molecule has 0 aromatic carbocycles. The molecule has 0 rings (SSSR count). The molecule has 39 valence electrons. The Labute approximate surface area is 58.2 Å². The largest absolute Gasteiger partial charge is 1.42 e. The normalized spacial score (nSPS) is 10.3. The fraction of sp³-hybridized carbons (Fsp3) is 1.00. The Morgan fingerprint density at radius 2 is 1.57 bits per heavy atom. The zero-order valence-corrected chi connectivity index (χ0v) is 6.83. The van der Waals surface area contributed by atoms with Crippen LogP contribution in [0.4, 0.5) is 0 Å². The Hall–Kier alpha value is 0.726. The second kappa shape index (κ2) is 3.69. The molecule has 0 saturated carbocycles. The van der Waals surface area contributed by atoms with Crippen LogP contribution in [0.2, 0.25) is 3.54 Å². The molecule has 7 radical (unpaired) electrons. The molecule has 2 heteroatoms. The quantitative estimate of drug-likeness (QED) is 0.453. The molecule has 0 heterocycles. The van der Waals surface area contributed by atoms with Crippen molar-refractivity contribution in [2.75, 3.05) is 0 Å². The first-order valence-corrected chi connectivity index (χ1v) is 3.12. The highest BCUT2D eigenvalue weighted by Gasteiger charge is 2.50. The Balaban J connectivity index is 0. The van der Waals surface area contributed by atoms with Crippen molar-refractivity contribution in [3.63, 3.8) is 0 Å². The van der Waals surface area contributed by atoms with Crippen LogP contribution in [-0.2, 0) is 0 Å². The Morgan fingerprint density at radius 1 is 1.43 bits per heavy atom. The Kier molecular flexibility index (Phi) is 5.63. The van der Waals surface area contributed by atoms with Gasteiger partial charge in [-0.25, -0.2) is 0 Å². The lowest BCUT2D eigenvalue weighted by molar-refractivity contribution is 0.654. The monoisotopic (exact) mass is 113 g/mol. The smallest absolute Gasteiger partial charge is 0.412 e. The van der Waals surface area contributed by atoms with Crippen molar-refractivity contribution in [2.45, 2.75) is 30.7 Å². The third kappa shape index (κ3) is 10.8. The van der Waals surface area contributed by atoms with Gasteiger partial charge in [0.2, 0.25) is 0 Å². The fourth-order valence-corrected chi connectivity index (χ4v) is 0. The lowest BCUT2D eigenvalue weighted by Gasteiger charge is -1.85. The molecule has 0 amide bonds. The van der Waals surface area contributed by atoms with Crippen LogP contribution in [0.15, 0.2) is 0 Å². The third-order valence-electron chi connectivity index (χ3n) is 0.957. The van der Waals surface area contributed by atoms with E-state index in [1.807, 2.05) is 0 Å². The summed E-state index contributed by atoms with van der Waals surface area (Å²) < 4.78 is 0.569. The van der Waals surface area contributed by atoms with Gasteiger partial charge >= 0.3 is 21.7 Å². The minimum Gasteiger partial charge on any atom is -0.412 e. The zero-order valence-electron chi connectivity index (χ0n) is 5.41. The van der Waals surface area contributed by atoms with Crippen molar-refractivity contribution in [3.05, 3.63) is 0 Å². The maximum absolute atomic E-state index is 2.26. The predicted octanol–water partition coefficient (Wildman–Crippen LogP) is 0.939. The van der Waals surface area contributed by atoms with E-state index in [0.29, 0.717) is 3.54 Å². The van der Waals surface area contributed by atoms with Crippen LogP contribution in [0.25, 0.3) is 0 Å². The highest BCUT2D eigenvalue weighted by Crippen LogP contribution is 2.21. The summed E-state index contributed by atoms with van der Waals surface area (Å²) in [5.41, 5.74) is 0. The van der Waals surface area contributed by atoms with Gasteiger partial charge in [0.05, 0.1) is 0 Å². The molecule has 0 aliphatic rings. The van der Waals surface area contributed by atoms with Crippen molar-refractivity contribution in [1.29, 1.82) is 0 Å². The van der Waals surface area contributed by atoms with Crippen molar-refractivity contribution >= 4 is 21.7 Å². The van der Waals surface area contributed by atoms with Gasteiger partial charge in [-0.15, -0.1) is 0 Å². The van der Waals surface area contributed by atoms with E-state index in [1.165, 1.54) is 6.42 Å². The molecule has 0 fully saturated rings. The minimum absolute atomic E-state index is 0. The van der Waals surface area contributed by atoms with E-state index >= 15 is 0 Å². The van der Waals surface area contributed by atoms with E-state index < -0.39 is 0 Å². The molecule has 0 aliphatic carbocycles. The van der Waals surface area contributed by atoms with Gasteiger partial charge in [0.15, 0.2) is 0 Å². The van der Waals surface area contributed by atoms with Crippen molar-refractivity contribution in [3.8, 4) is 0 Å². The Morgan fingerprint density at radius 3 is 1.57 bits per heavy atom. The molecular weight excluding hydrogens is 100 g/mol. The zero-order chi connectivity index (χ0) is 5.21. The summed E-state index contributed by atoms with van der Waals surface area (Å²) in [6.45, 7) is 6.73. The van der Waals surface area contributed by atoms with Gasteiger partial charge in [0, 0.05) is 20.3 Å². The van der Waals surface area contributed by atoms with Gasteiger partial charge in [-0.1, -0.05) is 6.92 Å². The fourth-order valence-electron chi connectivity index (χ4n) is 0. The summed E-state index contributed by atoms with van der Waals surface area (Å²) in [4.78, 5) is 0. The van der Waals surface area contributed by atoms with Crippen molar-refractivity contribution in [2.24, 2.45) is 0 Å². The van der Waals surface area contributed by atoms with Crippen LogP contribution >= 0.6 is 0 Å². The van der Waals surface area contributed by atoms with Crippen LogP contribution in [0.1, 0.15) is 27.2 Å². The second-order valence-electron chi connectivity index (χ2n) is 2.52. The average Bonchev–Trinajstić information content (AvgIpc) is 1.35. The van der Waals surface area contributed by atoms with Crippen LogP contribution in [0.3, 0.4) is 0 Å². The van der Waals surface area contributed by atoms with Gasteiger partial charge < -0.3 is 5.48 Å². The van der Waals surface area contributed by atoms with Gasteiger partial charge in [-0.3, -0.25) is 0 Å². The second-order valence-corrected chi connectivity index (χ2v) is 4.43. The molecule has 0 saturated heterocycles. The summed E-state index contributed by atoms with van der Waals surface area (Å²) in [5.74, 6) is 0. The molecule has 0 aromatic rings. The van der Waals surface area contributed by atoms with Gasteiger partial charge in [0.1, 0.15) is 0 Å². The van der Waals surface area contributed by atoms with Gasteiger partial charge in [-0.05, 0) is 0 Å². The maximum Gasteiger partial charge on any atom is 1.42 e. The number of hydrogen-bond donors (Lipinski definition) is 0. The summed E-state index contributed by atoms with van der Waals surface area (Å²) in [7, 11) is 0. The first-order chi connectivity index (χ1) is 2.56. The molecule has 2 N–H and O–H groups in total. The van der Waals surface area contributed by atoms with Crippen LogP contribution < -0.4 is 0 Å². The van der Waals surface area contributed by atoms with E-state index in [9.17, 15) is 0 Å². The maximum atomic E-state index is 2.26. The molecule has 0 bridgehead atoms. The first-order valence-electron chi connectivity index (χ1n) is 2.41. The first kappa shape index (κ1) is 10.7. The van der Waals surface area contributed by atoms with E-state index in [2.05, 4.69) is 42.5 Å². The molecule has 0 unspecified atom stereocenters. The van der Waals surface area contributed by atoms with Gasteiger partial charge in [0.25, 0.3) is 3.54 Å². The standard InChI is InChI=1S/C5H11.Mg.H2O/c1-4-5(2)3;;/h4H2,1-3H3;;1H2/q;+2;. The molecule has 0 spiro atoms. The Bertz CT molecular complexity index is 37.8. The van der Waals surface area contributed by atoms with E-state index in [4.69, 9.17) is 0 Å². The molecular formula is C5H13MgO+2. The average molecular weight is 113 g/mol. The lowest BCUT2D eigenvalue weighted by Crippen LogP contribution is -1.97. The lowest BCUT2D eigenvalue weighted by atomic mass is 10.1. The van der Waals surface area contributed by atoms with Crippen LogP contribution in [0.5, 0.6) is 0 Å². The SMILES string of the molecule is CC[C](C)(C)[Mg+2].O. The summed E-state index contributed by atoms with van der Waals surface area (Å²) in [6.07, 6.45) is 1.28. The molecule has 1 nitrogen and oxygen atoms in total. The highest BCUT2D eigenvalue weighted by atomic mass is 24.4. The predicted molar refractivity (Wildman–Crippen MR) is 33.7 cm³/mol. The van der Waals surface area contributed by atoms with E-state index in [-0.39, 0.29) is 5.48 Å². The third-order valence-corrected chi connectivity index (χ3v) is 1.46. The summed E-state index contributed by atoms with van der Waals surface area (Å²) >= 11 is 2.06. The molecule has 7 heavy (non-hydrogen) atoms. The van der Waals surface area contributed by atoms with Crippen molar-refractivity contribution < 1.29 is 5.48 Å². The van der Waals surface area contributed by atoms with Gasteiger partial charge in [-0.2, -0.15) is 0 Å². The van der Waals surface area contributed by atoms with E-state index in [0.717, 1.165) is 0 Å². The number of rotatable bonds is 1. The molecule has 0 aliphatic heterocycles. The topological polar surface area (TPSA) is 31.5 Å². The number of hydrogen-bond acceptors (Lipinski definition) is 0. The minimum atomic E-state index is 0. The van der Waals surface area contributed by atoms with Crippen LogP contribution in [-0.4, -0.2) is 27.2 Å². The van der Waals surface area contributed by atoms with Crippen LogP contribution in [0, 0.1) is 0 Å². The van der Waals surface area contributed by atoms with E-state index in [1.54, 1.807) is 0 Å². The van der Waals surface area contributed by atoms with Crippen molar-refractivity contribution in [1.82, 2.24) is 0 Å². The molecule has 0 atom stereocenters. The molecule has 0 aromatic heterocycles. The highest BCUT2D eigenvalue weighted by molar-refractivity contribution is 6.14. The summed E-state index contributed by atoms with van der Waals surface area (Å²) in [5, 5.41) is 0. The summed E-state index contributed by atoms with van der Waals surface area (Å²) in [6, 6.07) is 0.